The van der Waals surface area contributed by atoms with E-state index in [1.165, 1.54) is 6.92 Å². The number of benzene rings is 1. The number of amides is 2. The van der Waals surface area contributed by atoms with Crippen LogP contribution in [0.4, 0.5) is 16.2 Å². The van der Waals surface area contributed by atoms with Crippen molar-refractivity contribution in [3.63, 3.8) is 0 Å². The molecule has 110 valence electrons. The van der Waals surface area contributed by atoms with Gasteiger partial charge in [-0.1, -0.05) is 26.2 Å². The summed E-state index contributed by atoms with van der Waals surface area (Å²) in [5.41, 5.74) is 1.33. The molecular formula is C15H22N2O3. The van der Waals surface area contributed by atoms with Gasteiger partial charge in [-0.05, 0) is 30.7 Å². The van der Waals surface area contributed by atoms with Crippen LogP contribution in [-0.2, 0) is 9.53 Å². The first-order chi connectivity index (χ1) is 9.61. The maximum absolute atomic E-state index is 11.5. The average Bonchev–Trinajstić information content (AvgIpc) is 2.40. The highest BCUT2D eigenvalue weighted by molar-refractivity contribution is 5.89. The van der Waals surface area contributed by atoms with Crippen LogP contribution in [0.5, 0.6) is 0 Å². The molecule has 0 aliphatic heterocycles. The van der Waals surface area contributed by atoms with Crippen LogP contribution in [0.25, 0.3) is 0 Å². The van der Waals surface area contributed by atoms with Crippen LogP contribution < -0.4 is 10.6 Å². The number of anilines is 2. The Kier molecular flexibility index (Phi) is 7.17. The molecule has 0 atom stereocenters. The third-order valence-electron chi connectivity index (χ3n) is 2.68. The quantitative estimate of drug-likeness (QED) is 0.746. The van der Waals surface area contributed by atoms with Gasteiger partial charge in [-0.25, -0.2) is 4.79 Å². The van der Waals surface area contributed by atoms with Crippen LogP contribution in [-0.4, -0.2) is 18.6 Å². The van der Waals surface area contributed by atoms with Gasteiger partial charge in [0, 0.05) is 18.3 Å². The van der Waals surface area contributed by atoms with E-state index in [0.29, 0.717) is 18.0 Å². The molecule has 0 aromatic heterocycles. The van der Waals surface area contributed by atoms with Gasteiger partial charge in [0.25, 0.3) is 0 Å². The van der Waals surface area contributed by atoms with E-state index in [1.807, 2.05) is 0 Å². The van der Waals surface area contributed by atoms with Gasteiger partial charge in [0.2, 0.25) is 5.91 Å². The maximum Gasteiger partial charge on any atom is 0.411 e. The highest BCUT2D eigenvalue weighted by atomic mass is 16.5. The van der Waals surface area contributed by atoms with Crippen LogP contribution in [0, 0.1) is 0 Å². The van der Waals surface area contributed by atoms with E-state index >= 15 is 0 Å². The molecular weight excluding hydrogens is 256 g/mol. The minimum Gasteiger partial charge on any atom is -0.449 e. The van der Waals surface area contributed by atoms with Crippen molar-refractivity contribution in [2.45, 2.75) is 39.5 Å². The number of nitrogens with one attached hydrogen (secondary N) is 2. The van der Waals surface area contributed by atoms with Crippen molar-refractivity contribution in [2.75, 3.05) is 17.2 Å². The Bertz CT molecular complexity index is 429. The van der Waals surface area contributed by atoms with Gasteiger partial charge >= 0.3 is 6.09 Å². The minimum absolute atomic E-state index is 0.128. The zero-order valence-corrected chi connectivity index (χ0v) is 12.1. The fourth-order valence-electron chi connectivity index (χ4n) is 1.69. The lowest BCUT2D eigenvalue weighted by Gasteiger charge is -2.08. The topological polar surface area (TPSA) is 67.4 Å². The number of unbranched alkanes of at least 4 members (excludes halogenated alkanes) is 3. The first-order valence-electron chi connectivity index (χ1n) is 6.93. The second kappa shape index (κ2) is 8.96. The molecule has 5 nitrogen and oxygen atoms in total. The summed E-state index contributed by atoms with van der Waals surface area (Å²) in [6.45, 7) is 4.02. The molecule has 0 radical (unpaired) electrons. The fraction of sp³-hybridized carbons (Fsp3) is 0.467. The molecule has 2 N–H and O–H groups in total. The van der Waals surface area contributed by atoms with E-state index in [0.717, 1.165) is 25.7 Å². The molecule has 0 spiro atoms. The van der Waals surface area contributed by atoms with Crippen LogP contribution in [0.3, 0.4) is 0 Å². The lowest BCUT2D eigenvalue weighted by molar-refractivity contribution is -0.114. The van der Waals surface area contributed by atoms with E-state index in [4.69, 9.17) is 4.74 Å². The first kappa shape index (κ1) is 16.0. The van der Waals surface area contributed by atoms with Crippen molar-refractivity contribution in [1.29, 1.82) is 0 Å². The predicted octanol–water partition coefficient (Wildman–Crippen LogP) is 3.77. The second-order valence-corrected chi connectivity index (χ2v) is 4.58. The van der Waals surface area contributed by atoms with E-state index in [9.17, 15) is 9.59 Å². The Labute approximate surface area is 119 Å². The van der Waals surface area contributed by atoms with Gasteiger partial charge in [-0.3, -0.25) is 10.1 Å². The van der Waals surface area contributed by atoms with E-state index in [2.05, 4.69) is 17.6 Å². The van der Waals surface area contributed by atoms with Crippen LogP contribution in [0.1, 0.15) is 39.5 Å². The summed E-state index contributed by atoms with van der Waals surface area (Å²) in [6.07, 6.45) is 3.84. The number of carbonyl (C=O) groups excluding carboxylic acids is 2. The lowest BCUT2D eigenvalue weighted by atomic mass is 10.2. The lowest BCUT2D eigenvalue weighted by Crippen LogP contribution is -2.14. The Balaban J connectivity index is 2.29. The Hall–Kier alpha value is -2.04. The predicted molar refractivity (Wildman–Crippen MR) is 79.9 cm³/mol. The van der Waals surface area contributed by atoms with Gasteiger partial charge in [-0.2, -0.15) is 0 Å². The molecule has 20 heavy (non-hydrogen) atoms. The van der Waals surface area contributed by atoms with Gasteiger partial charge < -0.3 is 10.1 Å². The molecule has 0 aliphatic carbocycles. The standard InChI is InChI=1S/C15H22N2O3/c1-3-4-5-6-11-20-15(19)17-14-9-7-13(8-10-14)16-12(2)18/h7-10H,3-6,11H2,1-2H3,(H,16,18)(H,17,19). The Morgan fingerprint density at radius 2 is 1.60 bits per heavy atom. The summed E-state index contributed by atoms with van der Waals surface area (Å²) >= 11 is 0. The molecule has 0 unspecified atom stereocenters. The number of carbonyl (C=O) groups is 2. The van der Waals surface area contributed by atoms with Gasteiger partial charge in [-0.15, -0.1) is 0 Å². The van der Waals surface area contributed by atoms with Gasteiger partial charge in [0.15, 0.2) is 0 Å². The van der Waals surface area contributed by atoms with Crippen LogP contribution in [0.15, 0.2) is 24.3 Å². The number of ether oxygens (including phenoxy) is 1. The van der Waals surface area contributed by atoms with E-state index in [1.54, 1.807) is 24.3 Å². The van der Waals surface area contributed by atoms with Crippen LogP contribution >= 0.6 is 0 Å². The van der Waals surface area contributed by atoms with Crippen molar-refractivity contribution in [3.8, 4) is 0 Å². The summed E-state index contributed by atoms with van der Waals surface area (Å²) in [7, 11) is 0. The molecule has 0 saturated heterocycles. The third-order valence-corrected chi connectivity index (χ3v) is 2.68. The van der Waals surface area contributed by atoms with Crippen molar-refractivity contribution < 1.29 is 14.3 Å². The molecule has 0 aliphatic rings. The Morgan fingerprint density at radius 3 is 2.15 bits per heavy atom. The highest BCUT2D eigenvalue weighted by Crippen LogP contribution is 2.13. The van der Waals surface area contributed by atoms with Crippen molar-refractivity contribution in [3.05, 3.63) is 24.3 Å². The summed E-state index contributed by atoms with van der Waals surface area (Å²) in [6, 6.07) is 6.86. The van der Waals surface area contributed by atoms with Crippen LogP contribution in [0.2, 0.25) is 0 Å². The van der Waals surface area contributed by atoms with Crippen molar-refractivity contribution in [1.82, 2.24) is 0 Å². The molecule has 5 heteroatoms. The third kappa shape index (κ3) is 6.78. The number of hydrogen-bond donors (Lipinski definition) is 2. The van der Waals surface area contributed by atoms with E-state index in [-0.39, 0.29) is 5.91 Å². The van der Waals surface area contributed by atoms with Gasteiger partial charge in [0.1, 0.15) is 0 Å². The molecule has 1 aromatic carbocycles. The molecule has 0 saturated carbocycles. The van der Waals surface area contributed by atoms with Crippen molar-refractivity contribution >= 4 is 23.4 Å². The normalized spacial score (nSPS) is 9.90. The molecule has 1 aromatic rings. The minimum atomic E-state index is -0.450. The summed E-state index contributed by atoms with van der Waals surface area (Å²) in [5.74, 6) is -0.128. The highest BCUT2D eigenvalue weighted by Gasteiger charge is 2.03. The Morgan fingerprint density at radius 1 is 1.00 bits per heavy atom. The first-order valence-corrected chi connectivity index (χ1v) is 6.93. The zero-order chi connectivity index (χ0) is 14.8. The summed E-state index contributed by atoms with van der Waals surface area (Å²) in [5, 5.41) is 5.30. The molecule has 0 bridgehead atoms. The molecule has 2 amide bonds. The van der Waals surface area contributed by atoms with Gasteiger partial charge in [0.05, 0.1) is 6.61 Å². The zero-order valence-electron chi connectivity index (χ0n) is 12.1. The summed E-state index contributed by atoms with van der Waals surface area (Å²) < 4.78 is 5.07. The molecule has 1 rings (SSSR count). The SMILES string of the molecule is CCCCCCOC(=O)Nc1ccc(NC(C)=O)cc1. The smallest absolute Gasteiger partial charge is 0.411 e. The monoisotopic (exact) mass is 278 g/mol. The number of rotatable bonds is 7. The largest absolute Gasteiger partial charge is 0.449 e. The van der Waals surface area contributed by atoms with E-state index < -0.39 is 6.09 Å². The number of hydrogen-bond acceptors (Lipinski definition) is 3. The fourth-order valence-corrected chi connectivity index (χ4v) is 1.69. The average molecular weight is 278 g/mol. The molecule has 0 heterocycles. The molecule has 0 fully saturated rings. The maximum atomic E-state index is 11.5. The summed E-state index contributed by atoms with van der Waals surface area (Å²) in [4.78, 5) is 22.4. The van der Waals surface area contributed by atoms with Crippen molar-refractivity contribution in [2.24, 2.45) is 0 Å². The second-order valence-electron chi connectivity index (χ2n) is 4.58.